The maximum absolute atomic E-state index is 11.7. The monoisotopic (exact) mass is 623 g/mol. The molecule has 0 radical (unpaired) electrons. The van der Waals surface area contributed by atoms with Gasteiger partial charge in [-0.3, -0.25) is 9.59 Å². The third-order valence-electron chi connectivity index (χ3n) is 5.78. The molecule has 216 valence electrons. The SMILES string of the molecule is CC(=O)OC(CCl)COc1c(Cl)cc(C(C)(C)c2ccc(OCC(O)CN(C(C)=O)S(C)(=O)=O)cc2)cc1Cl. The van der Waals surface area contributed by atoms with Crippen molar-refractivity contribution in [3.8, 4) is 11.5 Å². The molecule has 1 N–H and O–H groups in total. The number of alkyl halides is 1. The Morgan fingerprint density at radius 1 is 1.00 bits per heavy atom. The smallest absolute Gasteiger partial charge is 0.303 e. The van der Waals surface area contributed by atoms with E-state index in [0.29, 0.717) is 10.1 Å². The van der Waals surface area contributed by atoms with Gasteiger partial charge in [0.05, 0.1) is 28.7 Å². The Labute approximate surface area is 243 Å². The van der Waals surface area contributed by atoms with Crippen molar-refractivity contribution in [3.63, 3.8) is 0 Å². The molecular formula is C26H32Cl3NO8S. The van der Waals surface area contributed by atoms with Gasteiger partial charge >= 0.3 is 5.97 Å². The molecule has 0 saturated heterocycles. The Balaban J connectivity index is 2.10. The second-order valence-corrected chi connectivity index (χ2v) is 12.4. The highest BCUT2D eigenvalue weighted by Crippen LogP contribution is 2.40. The van der Waals surface area contributed by atoms with Crippen LogP contribution < -0.4 is 9.47 Å². The number of sulfonamides is 1. The minimum atomic E-state index is -3.79. The van der Waals surface area contributed by atoms with Crippen LogP contribution >= 0.6 is 34.8 Å². The zero-order chi connectivity index (χ0) is 29.5. The molecule has 0 heterocycles. The lowest BCUT2D eigenvalue weighted by molar-refractivity contribution is -0.146. The molecule has 0 aromatic heterocycles. The number of hydrogen-bond acceptors (Lipinski definition) is 8. The minimum Gasteiger partial charge on any atom is -0.491 e. The fourth-order valence-electron chi connectivity index (χ4n) is 3.65. The lowest BCUT2D eigenvalue weighted by Crippen LogP contribution is -2.41. The molecule has 1 amide bonds. The highest BCUT2D eigenvalue weighted by Gasteiger charge is 2.27. The summed E-state index contributed by atoms with van der Waals surface area (Å²) in [6.45, 7) is 5.74. The van der Waals surface area contributed by atoms with Gasteiger partial charge in [0.25, 0.3) is 0 Å². The first-order valence-corrected chi connectivity index (χ1v) is 14.9. The van der Waals surface area contributed by atoms with E-state index < -0.39 is 46.1 Å². The minimum absolute atomic E-state index is 0.0114. The average Bonchev–Trinajstić information content (AvgIpc) is 2.83. The van der Waals surface area contributed by atoms with E-state index in [4.69, 9.17) is 49.0 Å². The number of benzene rings is 2. The van der Waals surface area contributed by atoms with E-state index in [1.165, 1.54) is 6.92 Å². The highest BCUT2D eigenvalue weighted by molar-refractivity contribution is 7.88. The van der Waals surface area contributed by atoms with Gasteiger partial charge in [0.1, 0.15) is 31.2 Å². The van der Waals surface area contributed by atoms with E-state index in [1.807, 2.05) is 26.0 Å². The van der Waals surface area contributed by atoms with Crippen molar-refractivity contribution in [2.75, 3.05) is 31.9 Å². The summed E-state index contributed by atoms with van der Waals surface area (Å²) in [6, 6.07) is 10.6. The Morgan fingerprint density at radius 2 is 1.56 bits per heavy atom. The van der Waals surface area contributed by atoms with Gasteiger partial charge in [0.15, 0.2) is 5.75 Å². The number of carbonyl (C=O) groups excluding carboxylic acids is 2. The molecule has 2 atom stereocenters. The molecule has 0 aliphatic heterocycles. The second kappa shape index (κ2) is 13.9. The van der Waals surface area contributed by atoms with E-state index in [9.17, 15) is 23.1 Å². The van der Waals surface area contributed by atoms with Crippen molar-refractivity contribution < 1.29 is 37.3 Å². The number of ether oxygens (including phenoxy) is 3. The van der Waals surface area contributed by atoms with Crippen LogP contribution in [0.25, 0.3) is 0 Å². The lowest BCUT2D eigenvalue weighted by atomic mass is 9.78. The summed E-state index contributed by atoms with van der Waals surface area (Å²) in [5.74, 6) is -0.414. The average molecular weight is 625 g/mol. The third kappa shape index (κ3) is 9.42. The fourth-order valence-corrected chi connectivity index (χ4v) is 5.31. The van der Waals surface area contributed by atoms with Gasteiger partial charge in [-0.25, -0.2) is 12.7 Å². The van der Waals surface area contributed by atoms with Crippen LogP contribution in [0.4, 0.5) is 0 Å². The first-order chi connectivity index (χ1) is 18.1. The van der Waals surface area contributed by atoms with Crippen LogP contribution in [0.15, 0.2) is 36.4 Å². The maximum atomic E-state index is 11.7. The summed E-state index contributed by atoms with van der Waals surface area (Å²) in [6.07, 6.45) is -0.966. The fraction of sp³-hybridized carbons (Fsp3) is 0.462. The van der Waals surface area contributed by atoms with Gasteiger partial charge in [-0.15, -0.1) is 11.6 Å². The third-order valence-corrected chi connectivity index (χ3v) is 7.90. The number of aliphatic hydroxyl groups excluding tert-OH is 1. The first kappa shape index (κ1) is 33.0. The molecule has 2 aromatic rings. The van der Waals surface area contributed by atoms with Gasteiger partial charge in [-0.05, 0) is 35.4 Å². The summed E-state index contributed by atoms with van der Waals surface area (Å²) in [7, 11) is -3.79. The van der Waals surface area contributed by atoms with Gasteiger partial charge in [0.2, 0.25) is 15.9 Å². The molecule has 0 aliphatic rings. The van der Waals surface area contributed by atoms with Crippen LogP contribution in [0.2, 0.25) is 10.0 Å². The summed E-state index contributed by atoms with van der Waals surface area (Å²) >= 11 is 18.8. The highest BCUT2D eigenvalue weighted by atomic mass is 35.5. The van der Waals surface area contributed by atoms with Crippen LogP contribution in [0.5, 0.6) is 11.5 Å². The summed E-state index contributed by atoms with van der Waals surface area (Å²) in [5, 5.41) is 10.7. The second-order valence-electron chi connectivity index (χ2n) is 9.39. The molecule has 2 aromatic carbocycles. The van der Waals surface area contributed by atoms with Crippen molar-refractivity contribution >= 4 is 56.7 Å². The van der Waals surface area contributed by atoms with Gasteiger partial charge in [-0.2, -0.15) is 0 Å². The van der Waals surface area contributed by atoms with Gasteiger partial charge < -0.3 is 19.3 Å². The number of halogens is 3. The lowest BCUT2D eigenvalue weighted by Gasteiger charge is -2.27. The number of esters is 1. The number of carbonyl (C=O) groups is 2. The summed E-state index contributed by atoms with van der Waals surface area (Å²) in [5.41, 5.74) is 1.19. The maximum Gasteiger partial charge on any atom is 0.303 e. The zero-order valence-corrected chi connectivity index (χ0v) is 25.3. The van der Waals surface area contributed by atoms with Crippen LogP contribution in [0.1, 0.15) is 38.8 Å². The molecule has 0 spiro atoms. The molecule has 13 heteroatoms. The van der Waals surface area contributed by atoms with E-state index in [-0.39, 0.29) is 34.9 Å². The molecular weight excluding hydrogens is 593 g/mol. The quantitative estimate of drug-likeness (QED) is 0.257. The van der Waals surface area contributed by atoms with Crippen LogP contribution in [0, 0.1) is 0 Å². The topological polar surface area (TPSA) is 119 Å². The molecule has 9 nitrogen and oxygen atoms in total. The van der Waals surface area contributed by atoms with Crippen LogP contribution in [0.3, 0.4) is 0 Å². The van der Waals surface area contributed by atoms with E-state index in [1.54, 1.807) is 24.3 Å². The molecule has 39 heavy (non-hydrogen) atoms. The largest absolute Gasteiger partial charge is 0.491 e. The standard InChI is InChI=1S/C26H32Cl3NO8S/c1-16(31)30(39(5,34)35)13-20(33)14-36-21-8-6-18(7-9-21)26(3,4)19-10-23(28)25(24(29)11-19)37-15-22(12-27)38-17(2)32/h6-11,20,22,33H,12-15H2,1-5H3. The molecule has 0 aliphatic carbocycles. The Kier molecular flexibility index (Phi) is 11.7. The Bertz CT molecular complexity index is 1250. The van der Waals surface area contributed by atoms with Crippen molar-refractivity contribution in [2.24, 2.45) is 0 Å². The predicted molar refractivity (Wildman–Crippen MR) is 151 cm³/mol. The zero-order valence-electron chi connectivity index (χ0n) is 22.2. The predicted octanol–water partition coefficient (Wildman–Crippen LogP) is 4.42. The Hall–Kier alpha value is -2.24. The number of aliphatic hydroxyl groups is 1. The molecule has 0 bridgehead atoms. The molecule has 0 saturated carbocycles. The van der Waals surface area contributed by atoms with Crippen molar-refractivity contribution in [3.05, 3.63) is 57.6 Å². The number of rotatable bonds is 13. The van der Waals surface area contributed by atoms with Crippen molar-refractivity contribution in [1.82, 2.24) is 4.31 Å². The van der Waals surface area contributed by atoms with E-state index in [2.05, 4.69) is 0 Å². The van der Waals surface area contributed by atoms with E-state index >= 15 is 0 Å². The van der Waals surface area contributed by atoms with E-state index in [0.717, 1.165) is 24.3 Å². The van der Waals surface area contributed by atoms with Gasteiger partial charge in [-0.1, -0.05) is 49.2 Å². The van der Waals surface area contributed by atoms with Gasteiger partial charge in [0, 0.05) is 19.3 Å². The summed E-state index contributed by atoms with van der Waals surface area (Å²) < 4.78 is 40.4. The Morgan fingerprint density at radius 3 is 2.03 bits per heavy atom. The number of amides is 1. The summed E-state index contributed by atoms with van der Waals surface area (Å²) in [4.78, 5) is 22.8. The molecule has 2 unspecified atom stereocenters. The molecule has 2 rings (SSSR count). The first-order valence-electron chi connectivity index (χ1n) is 11.8. The van der Waals surface area contributed by atoms with Crippen molar-refractivity contribution in [2.45, 2.75) is 45.3 Å². The molecule has 0 fully saturated rings. The van der Waals surface area contributed by atoms with Crippen LogP contribution in [-0.4, -0.2) is 73.8 Å². The number of nitrogens with zero attached hydrogens (tertiary/aromatic N) is 1. The number of hydrogen-bond donors (Lipinski definition) is 1. The van der Waals surface area contributed by atoms with Crippen molar-refractivity contribution in [1.29, 1.82) is 0 Å². The van der Waals surface area contributed by atoms with Crippen LogP contribution in [-0.2, 0) is 29.8 Å². The normalized spacial score (nSPS) is 13.4.